The Kier molecular flexibility index (Phi) is 5.12. The zero-order valence-corrected chi connectivity index (χ0v) is 10.6. The Morgan fingerprint density at radius 3 is 2.88 bits per heavy atom. The van der Waals surface area contributed by atoms with Gasteiger partial charge in [-0.15, -0.1) is 0 Å². The molecule has 0 heterocycles. The van der Waals surface area contributed by atoms with Crippen LogP contribution in [0, 0.1) is 5.82 Å². The van der Waals surface area contributed by atoms with Crippen molar-refractivity contribution in [3.63, 3.8) is 0 Å². The molecule has 0 spiro atoms. The van der Waals surface area contributed by atoms with Crippen LogP contribution in [0.3, 0.4) is 0 Å². The van der Waals surface area contributed by atoms with Gasteiger partial charge in [0.05, 0.1) is 4.99 Å². The molecule has 0 saturated carbocycles. The summed E-state index contributed by atoms with van der Waals surface area (Å²) in [4.78, 5) is 2.42. The Hall–Kier alpha value is -0.710. The second-order valence-electron chi connectivity index (χ2n) is 3.69. The maximum Gasteiger partial charge on any atom is 0.127 e. The number of nitrogens with zero attached hydrogens (tertiary/aromatic N) is 1. The maximum atomic E-state index is 13.4. The van der Waals surface area contributed by atoms with Crippen LogP contribution in [-0.4, -0.2) is 23.5 Å². The number of hydrogen-bond acceptors (Lipinski definition) is 2. The van der Waals surface area contributed by atoms with Gasteiger partial charge in [0.15, 0.2) is 0 Å². The summed E-state index contributed by atoms with van der Waals surface area (Å²) in [5.74, 6) is -0.244. The quantitative estimate of drug-likeness (QED) is 0.826. The van der Waals surface area contributed by atoms with E-state index in [0.717, 1.165) is 0 Å². The summed E-state index contributed by atoms with van der Waals surface area (Å²) in [5.41, 5.74) is 5.98. The van der Waals surface area contributed by atoms with Crippen LogP contribution in [0.5, 0.6) is 0 Å². The minimum Gasteiger partial charge on any atom is -0.393 e. The second-order valence-corrected chi connectivity index (χ2v) is 4.65. The van der Waals surface area contributed by atoms with Crippen LogP contribution >= 0.6 is 23.8 Å². The lowest BCUT2D eigenvalue weighted by molar-refractivity contribution is 0.331. The molecule has 2 nitrogen and oxygen atoms in total. The zero-order chi connectivity index (χ0) is 12.1. The molecule has 5 heteroatoms. The molecule has 0 unspecified atom stereocenters. The third-order valence-electron chi connectivity index (χ3n) is 2.19. The molecule has 0 amide bonds. The molecule has 2 N–H and O–H groups in total. The highest BCUT2D eigenvalue weighted by Crippen LogP contribution is 2.16. The molecule has 0 radical (unpaired) electrons. The van der Waals surface area contributed by atoms with Gasteiger partial charge in [0.1, 0.15) is 5.82 Å². The normalized spacial score (nSPS) is 10.8. The standard InChI is InChI=1S/C11H14ClFN2S/c1-15(5-4-11(14)16)7-8-6-9(12)2-3-10(8)13/h2-3,6H,4-5,7H2,1H3,(H2,14,16). The van der Waals surface area contributed by atoms with Crippen molar-refractivity contribution >= 4 is 28.8 Å². The van der Waals surface area contributed by atoms with Crippen molar-refractivity contribution in [2.45, 2.75) is 13.0 Å². The van der Waals surface area contributed by atoms with E-state index in [1.54, 1.807) is 6.07 Å². The van der Waals surface area contributed by atoms with Crippen LogP contribution < -0.4 is 5.73 Å². The van der Waals surface area contributed by atoms with E-state index >= 15 is 0 Å². The first-order valence-electron chi connectivity index (χ1n) is 4.90. The molecular weight excluding hydrogens is 247 g/mol. The Bertz CT molecular complexity index is 384. The lowest BCUT2D eigenvalue weighted by Crippen LogP contribution is -2.23. The second kappa shape index (κ2) is 6.13. The molecule has 0 aliphatic heterocycles. The first kappa shape index (κ1) is 13.4. The molecule has 88 valence electrons. The molecule has 0 fully saturated rings. The van der Waals surface area contributed by atoms with Crippen molar-refractivity contribution in [1.29, 1.82) is 0 Å². The van der Waals surface area contributed by atoms with Crippen molar-refractivity contribution in [1.82, 2.24) is 4.90 Å². The van der Waals surface area contributed by atoms with E-state index in [4.69, 9.17) is 29.6 Å². The lowest BCUT2D eigenvalue weighted by atomic mass is 10.2. The summed E-state index contributed by atoms with van der Waals surface area (Å²) in [7, 11) is 1.89. The number of nitrogens with two attached hydrogens (primary N) is 1. The molecule has 0 bridgehead atoms. The first-order chi connectivity index (χ1) is 7.49. The van der Waals surface area contributed by atoms with Gasteiger partial charge in [0, 0.05) is 30.1 Å². The molecule has 16 heavy (non-hydrogen) atoms. The fourth-order valence-electron chi connectivity index (χ4n) is 1.34. The summed E-state index contributed by atoms with van der Waals surface area (Å²) in [5, 5.41) is 0.541. The summed E-state index contributed by atoms with van der Waals surface area (Å²) in [6.07, 6.45) is 0.633. The Labute approximate surface area is 105 Å². The molecule has 0 aliphatic carbocycles. The van der Waals surface area contributed by atoms with Crippen molar-refractivity contribution in [2.24, 2.45) is 5.73 Å². The van der Waals surface area contributed by atoms with E-state index in [9.17, 15) is 4.39 Å². The molecule has 0 saturated heterocycles. The number of rotatable bonds is 5. The Morgan fingerprint density at radius 2 is 2.25 bits per heavy atom. The lowest BCUT2D eigenvalue weighted by Gasteiger charge is -2.16. The van der Waals surface area contributed by atoms with E-state index in [1.165, 1.54) is 12.1 Å². The van der Waals surface area contributed by atoms with E-state index in [2.05, 4.69) is 0 Å². The van der Waals surface area contributed by atoms with Crippen LogP contribution in [0.4, 0.5) is 4.39 Å². The van der Waals surface area contributed by atoms with Gasteiger partial charge in [-0.05, 0) is 25.2 Å². The molecule has 1 aromatic carbocycles. The molecule has 0 atom stereocenters. The highest BCUT2D eigenvalue weighted by Gasteiger charge is 2.06. The zero-order valence-electron chi connectivity index (χ0n) is 9.04. The highest BCUT2D eigenvalue weighted by atomic mass is 35.5. The molecule has 1 aromatic rings. The fraction of sp³-hybridized carbons (Fsp3) is 0.364. The van der Waals surface area contributed by atoms with Crippen molar-refractivity contribution < 1.29 is 4.39 Å². The molecular formula is C11H14ClFN2S. The maximum absolute atomic E-state index is 13.4. The largest absolute Gasteiger partial charge is 0.393 e. The van der Waals surface area contributed by atoms with Gasteiger partial charge in [-0.25, -0.2) is 4.39 Å². The van der Waals surface area contributed by atoms with Gasteiger partial charge < -0.3 is 10.6 Å². The van der Waals surface area contributed by atoms with Gasteiger partial charge >= 0.3 is 0 Å². The van der Waals surface area contributed by atoms with Gasteiger partial charge in [0.25, 0.3) is 0 Å². The van der Waals surface area contributed by atoms with Crippen LogP contribution in [0.25, 0.3) is 0 Å². The van der Waals surface area contributed by atoms with E-state index < -0.39 is 0 Å². The van der Waals surface area contributed by atoms with Crippen molar-refractivity contribution in [3.05, 3.63) is 34.6 Å². The van der Waals surface area contributed by atoms with Crippen LogP contribution in [0.2, 0.25) is 5.02 Å². The van der Waals surface area contributed by atoms with Crippen LogP contribution in [0.1, 0.15) is 12.0 Å². The SMILES string of the molecule is CN(CCC(N)=S)Cc1cc(Cl)ccc1F. The highest BCUT2D eigenvalue weighted by molar-refractivity contribution is 7.80. The summed E-state index contributed by atoms with van der Waals surface area (Å²) >= 11 is 10.6. The monoisotopic (exact) mass is 260 g/mol. The number of thiocarbonyl (C=S) groups is 1. The summed E-state index contributed by atoms with van der Waals surface area (Å²) in [6, 6.07) is 4.54. The van der Waals surface area contributed by atoms with Gasteiger partial charge in [-0.3, -0.25) is 0 Å². The third-order valence-corrected chi connectivity index (χ3v) is 2.63. The minimum absolute atomic E-state index is 0.244. The van der Waals surface area contributed by atoms with Crippen LogP contribution in [-0.2, 0) is 6.54 Å². The molecule has 1 rings (SSSR count). The number of hydrogen-bond donors (Lipinski definition) is 1. The van der Waals surface area contributed by atoms with Gasteiger partial charge in [0.2, 0.25) is 0 Å². The van der Waals surface area contributed by atoms with Crippen molar-refractivity contribution in [2.75, 3.05) is 13.6 Å². The van der Waals surface area contributed by atoms with E-state index in [-0.39, 0.29) is 5.82 Å². The smallest absolute Gasteiger partial charge is 0.127 e. The predicted octanol–water partition coefficient (Wildman–Crippen LogP) is 2.59. The molecule has 0 aliphatic rings. The minimum atomic E-state index is -0.244. The summed E-state index contributed by atoms with van der Waals surface area (Å²) < 4.78 is 13.4. The van der Waals surface area contributed by atoms with Gasteiger partial charge in [-0.2, -0.15) is 0 Å². The number of halogens is 2. The average Bonchev–Trinajstić information content (AvgIpc) is 2.20. The van der Waals surface area contributed by atoms with Gasteiger partial charge in [-0.1, -0.05) is 23.8 Å². The fourth-order valence-corrected chi connectivity index (χ4v) is 1.62. The topological polar surface area (TPSA) is 29.3 Å². The van der Waals surface area contributed by atoms with Crippen LogP contribution in [0.15, 0.2) is 18.2 Å². The number of benzene rings is 1. The Balaban J connectivity index is 2.58. The first-order valence-corrected chi connectivity index (χ1v) is 5.68. The summed E-state index contributed by atoms with van der Waals surface area (Å²) in [6.45, 7) is 1.20. The third kappa shape index (κ3) is 4.43. The molecule has 0 aromatic heterocycles. The van der Waals surface area contributed by atoms with E-state index in [1.807, 2.05) is 11.9 Å². The average molecular weight is 261 g/mol. The van der Waals surface area contributed by atoms with Crippen molar-refractivity contribution in [3.8, 4) is 0 Å². The Morgan fingerprint density at radius 1 is 1.56 bits per heavy atom. The predicted molar refractivity (Wildman–Crippen MR) is 69.1 cm³/mol. The van der Waals surface area contributed by atoms with E-state index in [0.29, 0.717) is 35.1 Å².